The molecule has 1 aromatic rings. The fourth-order valence-corrected chi connectivity index (χ4v) is 5.36. The number of hydrogen-bond acceptors (Lipinski definition) is 2. The van der Waals surface area contributed by atoms with Crippen LogP contribution in [0, 0.1) is 17.8 Å². The molecule has 1 N–H and O–H groups in total. The first-order valence-electron chi connectivity index (χ1n) is 9.92. The number of fused-ring (bicyclic) bond motifs is 2. The van der Waals surface area contributed by atoms with Crippen molar-refractivity contribution in [3.8, 4) is 0 Å². The van der Waals surface area contributed by atoms with E-state index < -0.39 is 0 Å². The van der Waals surface area contributed by atoms with Crippen molar-refractivity contribution in [2.24, 2.45) is 17.8 Å². The number of halogens is 1. The lowest BCUT2D eigenvalue weighted by molar-refractivity contribution is -0.123. The van der Waals surface area contributed by atoms with E-state index in [0.717, 1.165) is 55.8 Å². The van der Waals surface area contributed by atoms with Gasteiger partial charge >= 0.3 is 0 Å². The highest BCUT2D eigenvalue weighted by Crippen LogP contribution is 2.49. The van der Waals surface area contributed by atoms with E-state index in [-0.39, 0.29) is 0 Å². The molecule has 136 valence electrons. The quantitative estimate of drug-likeness (QED) is 0.851. The van der Waals surface area contributed by atoms with Crippen LogP contribution in [0.2, 0.25) is 5.02 Å². The van der Waals surface area contributed by atoms with Crippen LogP contribution in [0.4, 0.5) is 0 Å². The smallest absolute Gasteiger partial charge is 0.220 e. The van der Waals surface area contributed by atoms with E-state index >= 15 is 0 Å². The highest BCUT2D eigenvalue weighted by molar-refractivity contribution is 6.30. The summed E-state index contributed by atoms with van der Waals surface area (Å²) in [6.45, 7) is 3.09. The number of benzene rings is 1. The molecule has 25 heavy (non-hydrogen) atoms. The summed E-state index contributed by atoms with van der Waals surface area (Å²) < 4.78 is 0. The van der Waals surface area contributed by atoms with Crippen LogP contribution in [-0.4, -0.2) is 29.9 Å². The second-order valence-electron chi connectivity index (χ2n) is 8.38. The second kappa shape index (κ2) is 7.67. The zero-order valence-electron chi connectivity index (χ0n) is 14.9. The van der Waals surface area contributed by atoms with Crippen LogP contribution >= 0.6 is 11.6 Å². The first-order chi connectivity index (χ1) is 12.2. The van der Waals surface area contributed by atoms with E-state index in [1.807, 2.05) is 12.1 Å². The predicted octanol–water partition coefficient (Wildman–Crippen LogP) is 4.25. The van der Waals surface area contributed by atoms with Gasteiger partial charge in [-0.15, -0.1) is 0 Å². The minimum atomic E-state index is 0.300. The van der Waals surface area contributed by atoms with Gasteiger partial charge in [0.05, 0.1) is 0 Å². The number of nitrogens with zero attached hydrogens (tertiary/aromatic N) is 1. The molecule has 2 aliphatic carbocycles. The third-order valence-corrected chi connectivity index (χ3v) is 6.86. The fraction of sp³-hybridized carbons (Fsp3) is 0.667. The molecule has 0 radical (unpaired) electrons. The largest absolute Gasteiger partial charge is 0.353 e. The van der Waals surface area contributed by atoms with Gasteiger partial charge in [-0.05, 0) is 67.6 Å². The number of likely N-dealkylation sites (tertiary alicyclic amines) is 1. The van der Waals surface area contributed by atoms with Gasteiger partial charge in [-0.25, -0.2) is 0 Å². The molecule has 1 saturated heterocycles. The number of hydrogen-bond donors (Lipinski definition) is 1. The number of carbonyl (C=O) groups is 1. The summed E-state index contributed by atoms with van der Waals surface area (Å²) in [7, 11) is 0. The Bertz CT molecular complexity index is 594. The molecule has 4 heteroatoms. The molecule has 1 amide bonds. The minimum absolute atomic E-state index is 0.300. The van der Waals surface area contributed by atoms with Crippen LogP contribution in [-0.2, 0) is 11.3 Å². The molecule has 4 rings (SSSR count). The van der Waals surface area contributed by atoms with Gasteiger partial charge < -0.3 is 5.32 Å². The summed E-state index contributed by atoms with van der Waals surface area (Å²) in [5, 5.41) is 4.11. The van der Waals surface area contributed by atoms with Gasteiger partial charge in [-0.1, -0.05) is 30.2 Å². The second-order valence-corrected chi connectivity index (χ2v) is 8.82. The molecule has 3 nitrogen and oxygen atoms in total. The Balaban J connectivity index is 1.18. The summed E-state index contributed by atoms with van der Waals surface area (Å²) in [6.07, 6.45) is 8.37. The maximum atomic E-state index is 12.4. The van der Waals surface area contributed by atoms with Crippen LogP contribution in [0.5, 0.6) is 0 Å². The molecule has 1 heterocycles. The van der Waals surface area contributed by atoms with Crippen molar-refractivity contribution in [3.63, 3.8) is 0 Å². The summed E-state index contributed by atoms with van der Waals surface area (Å²) in [5.74, 6) is 2.74. The number of nitrogens with one attached hydrogen (secondary N) is 1. The van der Waals surface area contributed by atoms with Crippen molar-refractivity contribution in [2.45, 2.75) is 57.5 Å². The van der Waals surface area contributed by atoms with Crippen molar-refractivity contribution < 1.29 is 4.79 Å². The molecular weight excluding hydrogens is 332 g/mol. The minimum Gasteiger partial charge on any atom is -0.353 e. The molecular formula is C21H29ClN2O. The maximum Gasteiger partial charge on any atom is 0.220 e. The first-order valence-corrected chi connectivity index (χ1v) is 10.3. The lowest BCUT2D eigenvalue weighted by Crippen LogP contribution is -2.44. The van der Waals surface area contributed by atoms with Crippen LogP contribution in [0.1, 0.15) is 50.5 Å². The number of piperidine rings is 1. The normalized spacial score (nSPS) is 29.9. The van der Waals surface area contributed by atoms with Gasteiger partial charge in [0.2, 0.25) is 5.91 Å². The standard InChI is InChI=1S/C21H29ClN2O/c22-19-5-2-15(3-6-19)14-24-9-7-20(8-10-24)23-21(25)13-18-12-16-1-4-17(18)11-16/h2-3,5-6,16-18,20H,1,4,7-14H2,(H,23,25). The Kier molecular flexibility index (Phi) is 5.33. The molecule has 0 spiro atoms. The van der Waals surface area contributed by atoms with E-state index in [1.54, 1.807) is 0 Å². The van der Waals surface area contributed by atoms with E-state index in [4.69, 9.17) is 11.6 Å². The van der Waals surface area contributed by atoms with Gasteiger partial charge in [-0.2, -0.15) is 0 Å². The van der Waals surface area contributed by atoms with E-state index in [2.05, 4.69) is 22.3 Å². The Hall–Kier alpha value is -1.06. The van der Waals surface area contributed by atoms with E-state index in [1.165, 1.54) is 31.2 Å². The Labute approximate surface area is 156 Å². The zero-order chi connectivity index (χ0) is 17.2. The molecule has 3 aliphatic rings. The van der Waals surface area contributed by atoms with Crippen molar-refractivity contribution in [3.05, 3.63) is 34.9 Å². The van der Waals surface area contributed by atoms with Gasteiger partial charge in [0, 0.05) is 37.1 Å². The Morgan fingerprint density at radius 2 is 1.84 bits per heavy atom. The number of amides is 1. The molecule has 0 aromatic heterocycles. The third-order valence-electron chi connectivity index (χ3n) is 6.60. The topological polar surface area (TPSA) is 32.3 Å². The summed E-state index contributed by atoms with van der Waals surface area (Å²) in [5.41, 5.74) is 1.31. The molecule has 1 aromatic carbocycles. The maximum absolute atomic E-state index is 12.4. The summed E-state index contributed by atoms with van der Waals surface area (Å²) >= 11 is 5.95. The molecule has 2 bridgehead atoms. The average molecular weight is 361 g/mol. The van der Waals surface area contributed by atoms with Gasteiger partial charge in [0.1, 0.15) is 0 Å². The predicted molar refractivity (Wildman–Crippen MR) is 101 cm³/mol. The SMILES string of the molecule is O=C(CC1CC2CCC1C2)NC1CCN(Cc2ccc(Cl)cc2)CC1. The van der Waals surface area contributed by atoms with Crippen LogP contribution < -0.4 is 5.32 Å². The van der Waals surface area contributed by atoms with Crippen molar-refractivity contribution in [2.75, 3.05) is 13.1 Å². The van der Waals surface area contributed by atoms with Gasteiger partial charge in [-0.3, -0.25) is 9.69 Å². The Morgan fingerprint density at radius 3 is 2.48 bits per heavy atom. The Morgan fingerprint density at radius 1 is 1.08 bits per heavy atom. The van der Waals surface area contributed by atoms with E-state index in [0.29, 0.717) is 17.9 Å². The molecule has 1 aliphatic heterocycles. The molecule has 3 unspecified atom stereocenters. The van der Waals surface area contributed by atoms with Crippen LogP contribution in [0.3, 0.4) is 0 Å². The van der Waals surface area contributed by atoms with Gasteiger partial charge in [0.15, 0.2) is 0 Å². The summed E-state index contributed by atoms with van der Waals surface area (Å²) in [4.78, 5) is 14.9. The van der Waals surface area contributed by atoms with Crippen molar-refractivity contribution in [1.29, 1.82) is 0 Å². The molecule has 3 fully saturated rings. The fourth-order valence-electron chi connectivity index (χ4n) is 5.23. The van der Waals surface area contributed by atoms with Crippen LogP contribution in [0.25, 0.3) is 0 Å². The lowest BCUT2D eigenvalue weighted by atomic mass is 9.86. The average Bonchev–Trinajstić information content (AvgIpc) is 3.21. The molecule has 3 atom stereocenters. The monoisotopic (exact) mass is 360 g/mol. The van der Waals surface area contributed by atoms with Crippen molar-refractivity contribution >= 4 is 17.5 Å². The van der Waals surface area contributed by atoms with Crippen LogP contribution in [0.15, 0.2) is 24.3 Å². The van der Waals surface area contributed by atoms with E-state index in [9.17, 15) is 4.79 Å². The van der Waals surface area contributed by atoms with Gasteiger partial charge in [0.25, 0.3) is 0 Å². The van der Waals surface area contributed by atoms with Crippen molar-refractivity contribution in [1.82, 2.24) is 10.2 Å². The lowest BCUT2D eigenvalue weighted by Gasteiger charge is -2.33. The number of rotatable bonds is 5. The zero-order valence-corrected chi connectivity index (χ0v) is 15.7. The summed E-state index contributed by atoms with van der Waals surface area (Å²) in [6, 6.07) is 8.49. The highest BCUT2D eigenvalue weighted by Gasteiger charge is 2.40. The first kappa shape index (κ1) is 17.4. The molecule has 2 saturated carbocycles. The highest BCUT2D eigenvalue weighted by atomic mass is 35.5. The third kappa shape index (κ3) is 4.38. The number of carbonyl (C=O) groups excluding carboxylic acids is 1.